The maximum absolute atomic E-state index is 10.5. The van der Waals surface area contributed by atoms with Gasteiger partial charge in [0.1, 0.15) is 6.61 Å². The number of benzene rings is 1. The lowest BCUT2D eigenvalue weighted by Gasteiger charge is -2.26. The first-order chi connectivity index (χ1) is 12.3. The predicted molar refractivity (Wildman–Crippen MR) is 98.6 cm³/mol. The molecule has 1 N–H and O–H groups in total. The van der Waals surface area contributed by atoms with Crippen LogP contribution in [0.5, 0.6) is 11.5 Å². The summed E-state index contributed by atoms with van der Waals surface area (Å²) in [5, 5.41) is 10.5. The van der Waals surface area contributed by atoms with Crippen molar-refractivity contribution >= 4 is 0 Å². The van der Waals surface area contributed by atoms with Gasteiger partial charge < -0.3 is 9.84 Å². The van der Waals surface area contributed by atoms with Crippen molar-refractivity contribution in [3.05, 3.63) is 54.4 Å². The van der Waals surface area contributed by atoms with Gasteiger partial charge in [0.2, 0.25) is 0 Å². The highest BCUT2D eigenvalue weighted by atomic mass is 16.5. The van der Waals surface area contributed by atoms with Gasteiger partial charge in [0.25, 0.3) is 0 Å². The molecule has 4 rings (SSSR count). The van der Waals surface area contributed by atoms with Crippen molar-refractivity contribution in [2.24, 2.45) is 5.92 Å². The number of fused-ring (bicyclic) bond motifs is 1. The fourth-order valence-corrected chi connectivity index (χ4v) is 3.80. The Balaban J connectivity index is 1.58. The molecule has 1 atom stereocenters. The maximum Gasteiger partial charge on any atom is 0.165 e. The van der Waals surface area contributed by atoms with Crippen LogP contribution in [0.4, 0.5) is 0 Å². The maximum atomic E-state index is 10.5. The summed E-state index contributed by atoms with van der Waals surface area (Å²) >= 11 is 0. The summed E-state index contributed by atoms with van der Waals surface area (Å²) in [4.78, 5) is 6.64. The molecule has 0 fully saturated rings. The van der Waals surface area contributed by atoms with Gasteiger partial charge in [0.05, 0.1) is 0 Å². The Kier molecular flexibility index (Phi) is 4.70. The predicted octanol–water partition coefficient (Wildman–Crippen LogP) is 4.00. The fourth-order valence-electron chi connectivity index (χ4n) is 3.80. The molecule has 1 aromatic carbocycles. The molecule has 0 radical (unpaired) electrons. The van der Waals surface area contributed by atoms with Gasteiger partial charge in [-0.3, -0.25) is 9.88 Å². The second-order valence-corrected chi connectivity index (χ2v) is 6.96. The minimum absolute atomic E-state index is 0.221. The number of nitrogens with zero attached hydrogens (tertiary/aromatic N) is 2. The summed E-state index contributed by atoms with van der Waals surface area (Å²) in [7, 11) is 0. The van der Waals surface area contributed by atoms with Crippen LogP contribution >= 0.6 is 0 Å². The lowest BCUT2D eigenvalue weighted by molar-refractivity contribution is 0.192. The first-order valence-corrected chi connectivity index (χ1v) is 9.06. The van der Waals surface area contributed by atoms with Gasteiger partial charge in [0, 0.05) is 43.2 Å². The van der Waals surface area contributed by atoms with Gasteiger partial charge in [-0.2, -0.15) is 0 Å². The normalized spacial score (nSPS) is 20.6. The molecule has 1 unspecified atom stereocenters. The Hall–Kier alpha value is -2.33. The van der Waals surface area contributed by atoms with E-state index in [0.29, 0.717) is 12.4 Å². The van der Waals surface area contributed by atoms with Gasteiger partial charge in [-0.15, -0.1) is 0 Å². The number of hydrogen-bond donors (Lipinski definition) is 1. The molecule has 4 heteroatoms. The highest BCUT2D eigenvalue weighted by Gasteiger charge is 2.22. The number of aromatic nitrogens is 1. The first kappa shape index (κ1) is 16.2. The standard InChI is InChI=1S/C21H24N2O2/c24-20-12-18(17-7-4-8-22-13-17)11-19-15-23(9-10-25-21(19)20)14-16-5-2-1-3-6-16/h1-2,4,7-8,11-13,16,24H,3,5-6,9-10,14-15H2. The molecule has 1 aliphatic heterocycles. The summed E-state index contributed by atoms with van der Waals surface area (Å²) in [6.45, 7) is 3.42. The van der Waals surface area contributed by atoms with E-state index < -0.39 is 0 Å². The van der Waals surface area contributed by atoms with Gasteiger partial charge in [-0.05, 0) is 48.9 Å². The number of pyridine rings is 1. The Morgan fingerprint density at radius 3 is 3.00 bits per heavy atom. The zero-order valence-electron chi connectivity index (χ0n) is 14.4. The van der Waals surface area contributed by atoms with Crippen LogP contribution in [-0.2, 0) is 6.54 Å². The molecule has 0 spiro atoms. The van der Waals surface area contributed by atoms with E-state index in [0.717, 1.165) is 42.2 Å². The molecule has 2 aromatic rings. The molecular formula is C21H24N2O2. The molecule has 25 heavy (non-hydrogen) atoms. The van der Waals surface area contributed by atoms with Gasteiger partial charge in [-0.25, -0.2) is 0 Å². The van der Waals surface area contributed by atoms with Crippen LogP contribution < -0.4 is 4.74 Å². The number of phenolic OH excluding ortho intramolecular Hbond substituents is 1. The molecule has 1 aromatic heterocycles. The van der Waals surface area contributed by atoms with E-state index in [1.54, 1.807) is 12.3 Å². The fraction of sp³-hybridized carbons (Fsp3) is 0.381. The van der Waals surface area contributed by atoms with Gasteiger partial charge >= 0.3 is 0 Å². The molecule has 0 bridgehead atoms. The largest absolute Gasteiger partial charge is 0.504 e. The third-order valence-electron chi connectivity index (χ3n) is 5.08. The topological polar surface area (TPSA) is 45.6 Å². The van der Waals surface area contributed by atoms with E-state index in [9.17, 15) is 5.11 Å². The van der Waals surface area contributed by atoms with E-state index in [2.05, 4.69) is 28.1 Å². The lowest BCUT2D eigenvalue weighted by atomic mass is 9.93. The van der Waals surface area contributed by atoms with Crippen molar-refractivity contribution in [3.8, 4) is 22.6 Å². The number of allylic oxidation sites excluding steroid dienone is 2. The highest BCUT2D eigenvalue weighted by molar-refractivity contribution is 5.68. The summed E-state index contributed by atoms with van der Waals surface area (Å²) < 4.78 is 5.87. The van der Waals surface area contributed by atoms with Crippen LogP contribution in [0.2, 0.25) is 0 Å². The summed E-state index contributed by atoms with van der Waals surface area (Å²) in [5.41, 5.74) is 3.05. The average molecular weight is 336 g/mol. The van der Waals surface area contributed by atoms with Crippen LogP contribution in [0.1, 0.15) is 24.8 Å². The second kappa shape index (κ2) is 7.28. The molecule has 1 aliphatic carbocycles. The van der Waals surface area contributed by atoms with Crippen molar-refractivity contribution < 1.29 is 9.84 Å². The zero-order chi connectivity index (χ0) is 17.1. The number of hydrogen-bond acceptors (Lipinski definition) is 4. The van der Waals surface area contributed by atoms with Crippen LogP contribution in [0.25, 0.3) is 11.1 Å². The lowest BCUT2D eigenvalue weighted by Crippen LogP contribution is -2.31. The van der Waals surface area contributed by atoms with Crippen molar-refractivity contribution in [2.75, 3.05) is 19.7 Å². The molecule has 2 heterocycles. The SMILES string of the molecule is Oc1cc(-c2cccnc2)cc2c1OCCN(CC1CC=CCC1)C2. The van der Waals surface area contributed by atoms with Crippen LogP contribution in [0.15, 0.2) is 48.8 Å². The molecular weight excluding hydrogens is 312 g/mol. The van der Waals surface area contributed by atoms with Crippen LogP contribution in [-0.4, -0.2) is 34.7 Å². The van der Waals surface area contributed by atoms with Gasteiger partial charge in [-0.1, -0.05) is 18.2 Å². The number of rotatable bonds is 3. The number of phenols is 1. The summed E-state index contributed by atoms with van der Waals surface area (Å²) in [5.74, 6) is 1.58. The van der Waals surface area contributed by atoms with Crippen molar-refractivity contribution in [3.63, 3.8) is 0 Å². The first-order valence-electron chi connectivity index (χ1n) is 9.06. The van der Waals surface area contributed by atoms with Crippen molar-refractivity contribution in [2.45, 2.75) is 25.8 Å². The summed E-state index contributed by atoms with van der Waals surface area (Å²) in [6.07, 6.45) is 11.8. The van der Waals surface area contributed by atoms with Gasteiger partial charge in [0.15, 0.2) is 11.5 Å². The Labute approximate surface area is 148 Å². The number of ether oxygens (including phenoxy) is 1. The Morgan fingerprint density at radius 1 is 1.24 bits per heavy atom. The number of aromatic hydroxyl groups is 1. The third kappa shape index (κ3) is 3.69. The average Bonchev–Trinajstić information content (AvgIpc) is 2.85. The van der Waals surface area contributed by atoms with E-state index in [1.807, 2.05) is 18.3 Å². The van der Waals surface area contributed by atoms with Crippen molar-refractivity contribution in [1.82, 2.24) is 9.88 Å². The molecule has 0 saturated heterocycles. The molecule has 2 aliphatic rings. The van der Waals surface area contributed by atoms with E-state index in [4.69, 9.17) is 4.74 Å². The molecule has 130 valence electrons. The van der Waals surface area contributed by atoms with E-state index in [-0.39, 0.29) is 5.75 Å². The quantitative estimate of drug-likeness (QED) is 0.861. The Morgan fingerprint density at radius 2 is 2.20 bits per heavy atom. The third-order valence-corrected chi connectivity index (χ3v) is 5.08. The second-order valence-electron chi connectivity index (χ2n) is 6.96. The minimum Gasteiger partial charge on any atom is -0.504 e. The zero-order valence-corrected chi connectivity index (χ0v) is 14.4. The van der Waals surface area contributed by atoms with E-state index >= 15 is 0 Å². The van der Waals surface area contributed by atoms with E-state index in [1.165, 1.54) is 19.3 Å². The smallest absolute Gasteiger partial charge is 0.165 e. The van der Waals surface area contributed by atoms with Crippen LogP contribution in [0.3, 0.4) is 0 Å². The summed E-state index contributed by atoms with van der Waals surface area (Å²) in [6, 6.07) is 7.83. The minimum atomic E-state index is 0.221. The Bertz CT molecular complexity index is 758. The monoisotopic (exact) mass is 336 g/mol. The highest BCUT2D eigenvalue weighted by Crippen LogP contribution is 2.37. The van der Waals surface area contributed by atoms with Crippen molar-refractivity contribution in [1.29, 1.82) is 0 Å². The molecule has 0 saturated carbocycles. The van der Waals surface area contributed by atoms with Crippen LogP contribution in [0, 0.1) is 5.92 Å². The molecule has 0 amide bonds. The molecule has 4 nitrogen and oxygen atoms in total.